The van der Waals surface area contributed by atoms with Crippen LogP contribution in [0.4, 0.5) is 0 Å². The van der Waals surface area contributed by atoms with E-state index in [0.29, 0.717) is 5.92 Å². The van der Waals surface area contributed by atoms with Gasteiger partial charge in [0.25, 0.3) is 0 Å². The quantitative estimate of drug-likeness (QED) is 0.674. The van der Waals surface area contributed by atoms with Gasteiger partial charge in [-0.2, -0.15) is 0 Å². The van der Waals surface area contributed by atoms with Crippen LogP contribution >= 0.6 is 0 Å². The molecule has 0 aliphatic carbocycles. The van der Waals surface area contributed by atoms with Gasteiger partial charge in [-0.1, -0.05) is 26.7 Å². The van der Waals surface area contributed by atoms with Crippen molar-refractivity contribution in [1.82, 2.24) is 0 Å². The Hall–Kier alpha value is -0.275. The van der Waals surface area contributed by atoms with Crippen LogP contribution in [-0.2, 0) is 9.31 Å². The first-order valence-corrected chi connectivity index (χ1v) is 6.79. The fourth-order valence-electron chi connectivity index (χ4n) is 2.19. The molecule has 1 aliphatic rings. The number of rotatable bonds is 5. The molecule has 0 saturated carbocycles. The van der Waals surface area contributed by atoms with E-state index in [1.165, 1.54) is 12.8 Å². The van der Waals surface area contributed by atoms with Crippen LogP contribution in [0.3, 0.4) is 0 Å². The zero-order valence-corrected chi connectivity index (χ0v) is 12.3. The molecule has 0 aromatic heterocycles. The Balaban J connectivity index is 2.73. The molecular formula is C14H27BO2. The van der Waals surface area contributed by atoms with Gasteiger partial charge in [-0.05, 0) is 45.5 Å². The molecule has 1 saturated heterocycles. The molecule has 0 aromatic rings. The molecule has 1 fully saturated rings. The predicted molar refractivity (Wildman–Crippen MR) is 73.9 cm³/mol. The van der Waals surface area contributed by atoms with Crippen LogP contribution in [0.15, 0.2) is 12.1 Å². The molecule has 0 bridgehead atoms. The molecule has 0 amide bonds. The summed E-state index contributed by atoms with van der Waals surface area (Å²) in [5.41, 5.74) is 0.587. The fourth-order valence-corrected chi connectivity index (χ4v) is 2.19. The van der Waals surface area contributed by atoms with Crippen LogP contribution in [-0.4, -0.2) is 18.3 Å². The van der Waals surface area contributed by atoms with Gasteiger partial charge in [-0.25, -0.2) is 0 Å². The molecule has 0 spiro atoms. The summed E-state index contributed by atoms with van der Waals surface area (Å²) in [7, 11) is -0.239. The maximum absolute atomic E-state index is 6.03. The maximum atomic E-state index is 6.03. The van der Waals surface area contributed by atoms with Crippen molar-refractivity contribution < 1.29 is 9.31 Å². The van der Waals surface area contributed by atoms with Crippen LogP contribution in [0.25, 0.3) is 0 Å². The van der Waals surface area contributed by atoms with Gasteiger partial charge < -0.3 is 9.31 Å². The summed E-state index contributed by atoms with van der Waals surface area (Å²) >= 11 is 0. The van der Waals surface area contributed by atoms with Gasteiger partial charge in [-0.3, -0.25) is 0 Å². The third kappa shape index (κ3) is 2.94. The van der Waals surface area contributed by atoms with Crippen molar-refractivity contribution in [3.8, 4) is 0 Å². The standard InChI is InChI=1S/C14H27BO2/c1-8-10-12(9-2)11(3)15-16-13(4,5)14(6,7)17-15/h12H,3,8-10H2,1-2,4-7H3. The minimum atomic E-state index is -0.259. The van der Waals surface area contributed by atoms with Crippen LogP contribution in [0, 0.1) is 5.92 Å². The molecule has 1 unspecified atom stereocenters. The Morgan fingerprint density at radius 3 is 1.94 bits per heavy atom. The lowest BCUT2D eigenvalue weighted by Gasteiger charge is -2.32. The summed E-state index contributed by atoms with van der Waals surface area (Å²) in [4.78, 5) is 0. The molecule has 0 N–H and O–H groups in total. The first-order chi connectivity index (χ1) is 7.75. The smallest absolute Gasteiger partial charge is 0.400 e. The summed E-state index contributed by atoms with van der Waals surface area (Å²) in [6.45, 7) is 17.0. The predicted octanol–water partition coefficient (Wildman–Crippen LogP) is 4.00. The Bertz CT molecular complexity index is 268. The number of allylic oxidation sites excluding steroid dienone is 1. The van der Waals surface area contributed by atoms with E-state index in [1.807, 2.05) is 0 Å². The van der Waals surface area contributed by atoms with Gasteiger partial charge in [-0.15, -0.1) is 6.58 Å². The topological polar surface area (TPSA) is 18.5 Å². The second kappa shape index (κ2) is 5.15. The Labute approximate surface area is 107 Å². The Morgan fingerprint density at radius 2 is 1.59 bits per heavy atom. The minimum Gasteiger partial charge on any atom is -0.400 e. The van der Waals surface area contributed by atoms with Crippen molar-refractivity contribution in [2.45, 2.75) is 72.0 Å². The number of hydrogen-bond donors (Lipinski definition) is 0. The minimum absolute atomic E-state index is 0.239. The highest BCUT2D eigenvalue weighted by Gasteiger charge is 2.52. The van der Waals surface area contributed by atoms with Crippen molar-refractivity contribution in [3.05, 3.63) is 12.1 Å². The van der Waals surface area contributed by atoms with Gasteiger partial charge in [0.05, 0.1) is 11.2 Å². The highest BCUT2D eigenvalue weighted by molar-refractivity contribution is 6.54. The molecule has 2 nitrogen and oxygen atoms in total. The monoisotopic (exact) mass is 238 g/mol. The molecule has 3 heteroatoms. The first kappa shape index (κ1) is 14.8. The molecule has 0 radical (unpaired) electrons. The summed E-state index contributed by atoms with van der Waals surface area (Å²) in [5, 5.41) is 0. The SMILES string of the molecule is C=C(B1OC(C)(C)C(C)(C)O1)C(CC)CCC. The van der Waals surface area contributed by atoms with E-state index in [0.717, 1.165) is 11.9 Å². The molecule has 98 valence electrons. The van der Waals surface area contributed by atoms with Crippen LogP contribution in [0.5, 0.6) is 0 Å². The Kier molecular flexibility index (Phi) is 4.48. The third-order valence-corrected chi connectivity index (χ3v) is 4.21. The maximum Gasteiger partial charge on any atom is 0.490 e. The lowest BCUT2D eigenvalue weighted by molar-refractivity contribution is 0.00578. The Morgan fingerprint density at radius 1 is 1.12 bits per heavy atom. The van der Waals surface area contributed by atoms with Crippen LogP contribution < -0.4 is 0 Å². The second-order valence-electron chi connectivity index (χ2n) is 6.06. The highest BCUT2D eigenvalue weighted by Crippen LogP contribution is 2.40. The lowest BCUT2D eigenvalue weighted by atomic mass is 9.70. The summed E-state index contributed by atoms with van der Waals surface area (Å²) in [6, 6.07) is 0. The van der Waals surface area contributed by atoms with E-state index >= 15 is 0 Å². The average molecular weight is 238 g/mol. The van der Waals surface area contributed by atoms with Crippen molar-refractivity contribution in [2.24, 2.45) is 5.92 Å². The fraction of sp³-hybridized carbons (Fsp3) is 0.857. The van der Waals surface area contributed by atoms with Crippen molar-refractivity contribution in [3.63, 3.8) is 0 Å². The van der Waals surface area contributed by atoms with Crippen molar-refractivity contribution in [2.75, 3.05) is 0 Å². The van der Waals surface area contributed by atoms with Crippen LogP contribution in [0.2, 0.25) is 0 Å². The zero-order chi connectivity index (χ0) is 13.3. The number of hydrogen-bond acceptors (Lipinski definition) is 2. The van der Waals surface area contributed by atoms with Gasteiger partial charge in [0.15, 0.2) is 0 Å². The van der Waals surface area contributed by atoms with E-state index in [1.54, 1.807) is 0 Å². The highest BCUT2D eigenvalue weighted by atomic mass is 16.7. The largest absolute Gasteiger partial charge is 0.490 e. The van der Waals surface area contributed by atoms with Crippen molar-refractivity contribution in [1.29, 1.82) is 0 Å². The zero-order valence-electron chi connectivity index (χ0n) is 12.3. The molecule has 1 atom stereocenters. The van der Waals surface area contributed by atoms with Gasteiger partial charge in [0.2, 0.25) is 0 Å². The van der Waals surface area contributed by atoms with E-state index in [4.69, 9.17) is 9.31 Å². The van der Waals surface area contributed by atoms with Gasteiger partial charge in [0, 0.05) is 0 Å². The third-order valence-electron chi connectivity index (χ3n) is 4.21. The first-order valence-electron chi connectivity index (χ1n) is 6.79. The van der Waals surface area contributed by atoms with E-state index in [2.05, 4.69) is 48.1 Å². The van der Waals surface area contributed by atoms with Crippen molar-refractivity contribution >= 4 is 7.12 Å². The van der Waals surface area contributed by atoms with E-state index in [9.17, 15) is 0 Å². The van der Waals surface area contributed by atoms with E-state index in [-0.39, 0.29) is 18.3 Å². The van der Waals surface area contributed by atoms with E-state index < -0.39 is 0 Å². The summed E-state index contributed by atoms with van der Waals surface area (Å²) < 4.78 is 12.1. The van der Waals surface area contributed by atoms with Crippen LogP contribution in [0.1, 0.15) is 60.8 Å². The summed E-state index contributed by atoms with van der Waals surface area (Å²) in [5.74, 6) is 0.509. The molecule has 1 heterocycles. The lowest BCUT2D eigenvalue weighted by Crippen LogP contribution is -2.41. The van der Waals surface area contributed by atoms with Gasteiger partial charge in [0.1, 0.15) is 0 Å². The summed E-state index contributed by atoms with van der Waals surface area (Å²) in [6.07, 6.45) is 3.45. The molecular weight excluding hydrogens is 211 g/mol. The molecule has 1 aliphatic heterocycles. The normalized spacial score (nSPS) is 23.8. The molecule has 17 heavy (non-hydrogen) atoms. The molecule has 0 aromatic carbocycles. The second-order valence-corrected chi connectivity index (χ2v) is 6.06. The average Bonchev–Trinajstić information content (AvgIpc) is 2.44. The van der Waals surface area contributed by atoms with Gasteiger partial charge >= 0.3 is 7.12 Å². The molecule has 1 rings (SSSR count).